The topological polar surface area (TPSA) is 4.93 Å². The van der Waals surface area contributed by atoms with Crippen LogP contribution in [0.15, 0.2) is 237 Å². The molecule has 1 aliphatic heterocycles. The first kappa shape index (κ1) is 37.6. The zero-order chi connectivity index (χ0) is 44.5. The van der Waals surface area contributed by atoms with E-state index < -0.39 is 9.52 Å². The van der Waals surface area contributed by atoms with E-state index in [0.717, 1.165) is 0 Å². The highest BCUT2D eigenvalue weighted by molar-refractivity contribution is 6.73. The van der Waals surface area contributed by atoms with Crippen LogP contribution in [0.25, 0.3) is 137 Å². The standard InChI is InChI=1S/C66H41NSi/c1-4-16-47-40(13-1)33-58(53-22-10-7-19-50(47)53)43-26-31-63-61(36-43)62-37-44(59-34-41-14-2-5-17-48(41)51-20-8-11-23-54(51)59)27-32-64(62)67(63)46-28-30-57-56-29-25-45(38-65(56)68-66(57)39-46)60-35-42-15-3-6-18-49(42)52-21-9-12-24-55(52)60/h1-39H,68H2. The van der Waals surface area contributed by atoms with Crippen LogP contribution in [0.5, 0.6) is 0 Å². The number of fused-ring (bicyclic) bond motifs is 15. The second kappa shape index (κ2) is 14.5. The van der Waals surface area contributed by atoms with E-state index in [0.29, 0.717) is 0 Å². The molecule has 15 rings (SSSR count). The van der Waals surface area contributed by atoms with Gasteiger partial charge in [-0.25, -0.2) is 0 Å². The maximum atomic E-state index is 2.53. The molecule has 68 heavy (non-hydrogen) atoms. The molecule has 0 saturated carbocycles. The maximum absolute atomic E-state index is 2.53. The summed E-state index contributed by atoms with van der Waals surface area (Å²) in [6, 6.07) is 89.2. The fraction of sp³-hybridized carbons (Fsp3) is 0. The highest BCUT2D eigenvalue weighted by Gasteiger charge is 2.23. The van der Waals surface area contributed by atoms with Gasteiger partial charge in [-0.1, -0.05) is 192 Å². The molecule has 1 aliphatic rings. The van der Waals surface area contributed by atoms with E-state index in [1.165, 1.54) is 147 Å². The molecule has 13 aromatic carbocycles. The fourth-order valence-electron chi connectivity index (χ4n) is 12.0. The third-order valence-electron chi connectivity index (χ3n) is 15.1. The third-order valence-corrected chi connectivity index (χ3v) is 17.1. The van der Waals surface area contributed by atoms with E-state index >= 15 is 0 Å². The Morgan fingerprint density at radius 2 is 0.588 bits per heavy atom. The zero-order valence-corrected chi connectivity index (χ0v) is 38.6. The smallest absolute Gasteiger partial charge is 0.0892 e. The largest absolute Gasteiger partial charge is 0.309 e. The van der Waals surface area contributed by atoms with Gasteiger partial charge in [-0.05, 0) is 164 Å². The minimum atomic E-state index is -0.763. The van der Waals surface area contributed by atoms with Gasteiger partial charge in [0.1, 0.15) is 0 Å². The first-order chi connectivity index (χ1) is 33.7. The molecule has 0 radical (unpaired) electrons. The lowest BCUT2D eigenvalue weighted by Crippen LogP contribution is -2.21. The van der Waals surface area contributed by atoms with Crippen molar-refractivity contribution in [2.24, 2.45) is 0 Å². The van der Waals surface area contributed by atoms with E-state index in [9.17, 15) is 0 Å². The summed E-state index contributed by atoms with van der Waals surface area (Å²) >= 11 is 0. The summed E-state index contributed by atoms with van der Waals surface area (Å²) in [5.74, 6) is 0. The number of hydrogen-bond acceptors (Lipinski definition) is 0. The second-order valence-electron chi connectivity index (χ2n) is 18.8. The first-order valence-electron chi connectivity index (χ1n) is 23.8. The predicted octanol–water partition coefficient (Wildman–Crippen LogP) is 15.8. The minimum Gasteiger partial charge on any atom is -0.309 e. The SMILES string of the molecule is c1ccc2c(c1)cc(-c1ccc3c(c1)[SiH2]c1cc(-n4c5ccc(-c6cc7ccccc7c7ccccc67)cc5c5cc(-c6cc7ccccc7c7ccccc67)ccc54)ccc1-3)c1ccccc12. The predicted molar refractivity (Wildman–Crippen MR) is 295 cm³/mol. The van der Waals surface area contributed by atoms with Crippen molar-refractivity contribution in [2.75, 3.05) is 0 Å². The van der Waals surface area contributed by atoms with Crippen LogP contribution < -0.4 is 10.4 Å². The molecule has 0 N–H and O–H groups in total. The molecule has 1 aromatic heterocycles. The van der Waals surface area contributed by atoms with Gasteiger partial charge in [-0.3, -0.25) is 0 Å². The van der Waals surface area contributed by atoms with Gasteiger partial charge in [-0.15, -0.1) is 0 Å². The van der Waals surface area contributed by atoms with Gasteiger partial charge in [0.25, 0.3) is 0 Å². The molecule has 14 aromatic rings. The van der Waals surface area contributed by atoms with Crippen LogP contribution in [0.2, 0.25) is 0 Å². The van der Waals surface area contributed by atoms with Crippen molar-refractivity contribution < 1.29 is 0 Å². The minimum absolute atomic E-state index is 0.763. The Balaban J connectivity index is 0.911. The van der Waals surface area contributed by atoms with Crippen molar-refractivity contribution in [1.82, 2.24) is 4.57 Å². The van der Waals surface area contributed by atoms with Crippen LogP contribution in [0.4, 0.5) is 0 Å². The molecule has 0 unspecified atom stereocenters. The zero-order valence-electron chi connectivity index (χ0n) is 37.2. The molecule has 2 heteroatoms. The van der Waals surface area contributed by atoms with Crippen LogP contribution in [-0.4, -0.2) is 14.1 Å². The van der Waals surface area contributed by atoms with E-state index in [4.69, 9.17) is 0 Å². The Morgan fingerprint density at radius 1 is 0.235 bits per heavy atom. The molecule has 2 heterocycles. The number of benzene rings is 13. The molecule has 314 valence electrons. The fourth-order valence-corrected chi connectivity index (χ4v) is 14.1. The van der Waals surface area contributed by atoms with Crippen molar-refractivity contribution >= 4 is 106 Å². The molecule has 0 atom stereocenters. The summed E-state index contributed by atoms with van der Waals surface area (Å²) in [5.41, 5.74) is 14.0. The summed E-state index contributed by atoms with van der Waals surface area (Å²) in [7, 11) is -0.763. The lowest BCUT2D eigenvalue weighted by Gasteiger charge is -2.13. The lowest BCUT2D eigenvalue weighted by atomic mass is 9.92. The first-order valence-corrected chi connectivity index (χ1v) is 25.2. The summed E-state index contributed by atoms with van der Waals surface area (Å²) < 4.78 is 2.53. The average Bonchev–Trinajstić information content (AvgIpc) is 3.94. The van der Waals surface area contributed by atoms with Gasteiger partial charge in [0.15, 0.2) is 0 Å². The van der Waals surface area contributed by atoms with Gasteiger partial charge < -0.3 is 4.57 Å². The Hall–Kier alpha value is -8.56. The highest BCUT2D eigenvalue weighted by Crippen LogP contribution is 2.43. The molecule has 0 saturated heterocycles. The summed E-state index contributed by atoms with van der Waals surface area (Å²) in [6.45, 7) is 0. The Kier molecular flexibility index (Phi) is 8.01. The molecule has 0 fully saturated rings. The van der Waals surface area contributed by atoms with E-state index in [-0.39, 0.29) is 0 Å². The number of aromatic nitrogens is 1. The molecular formula is C66H41NSi. The van der Waals surface area contributed by atoms with Crippen LogP contribution in [0.3, 0.4) is 0 Å². The highest BCUT2D eigenvalue weighted by atomic mass is 28.2. The molecule has 0 bridgehead atoms. The van der Waals surface area contributed by atoms with E-state index in [2.05, 4.69) is 241 Å². The maximum Gasteiger partial charge on any atom is 0.0892 e. The van der Waals surface area contributed by atoms with Crippen molar-refractivity contribution in [2.45, 2.75) is 0 Å². The molecule has 0 spiro atoms. The quantitative estimate of drug-likeness (QED) is 0.123. The molecule has 0 aliphatic carbocycles. The lowest BCUT2D eigenvalue weighted by molar-refractivity contribution is 1.18. The number of rotatable bonds is 4. The van der Waals surface area contributed by atoms with Gasteiger partial charge in [0.2, 0.25) is 0 Å². The molecular weight excluding hydrogens is 835 g/mol. The normalized spacial score (nSPS) is 12.7. The Labute approximate surface area is 395 Å². The second-order valence-corrected chi connectivity index (χ2v) is 20.6. The van der Waals surface area contributed by atoms with Crippen molar-refractivity contribution in [3.8, 4) is 50.2 Å². The van der Waals surface area contributed by atoms with Gasteiger partial charge in [-0.2, -0.15) is 0 Å². The van der Waals surface area contributed by atoms with Crippen LogP contribution in [0, 0.1) is 0 Å². The van der Waals surface area contributed by atoms with E-state index in [1.807, 2.05) is 0 Å². The monoisotopic (exact) mass is 875 g/mol. The summed E-state index contributed by atoms with van der Waals surface area (Å²) in [6.07, 6.45) is 0. The van der Waals surface area contributed by atoms with Gasteiger partial charge >= 0.3 is 0 Å². The summed E-state index contributed by atoms with van der Waals surface area (Å²) in [5, 5.41) is 21.0. The summed E-state index contributed by atoms with van der Waals surface area (Å²) in [4.78, 5) is 0. The van der Waals surface area contributed by atoms with E-state index in [1.54, 1.807) is 0 Å². The molecule has 1 nitrogen and oxygen atoms in total. The Morgan fingerprint density at radius 3 is 1.04 bits per heavy atom. The van der Waals surface area contributed by atoms with Crippen LogP contribution in [0.1, 0.15) is 0 Å². The number of nitrogens with zero attached hydrogens (tertiary/aromatic N) is 1. The average molecular weight is 876 g/mol. The van der Waals surface area contributed by atoms with Crippen LogP contribution >= 0.6 is 0 Å². The van der Waals surface area contributed by atoms with Crippen molar-refractivity contribution in [3.05, 3.63) is 237 Å². The van der Waals surface area contributed by atoms with Crippen molar-refractivity contribution in [1.29, 1.82) is 0 Å². The van der Waals surface area contributed by atoms with Crippen LogP contribution in [-0.2, 0) is 0 Å². The Bertz CT molecular complexity index is 4300. The van der Waals surface area contributed by atoms with Crippen molar-refractivity contribution in [3.63, 3.8) is 0 Å². The molecule has 0 amide bonds. The third kappa shape index (κ3) is 5.56. The van der Waals surface area contributed by atoms with Gasteiger partial charge in [0.05, 0.1) is 20.6 Å². The van der Waals surface area contributed by atoms with Gasteiger partial charge in [0, 0.05) is 16.5 Å². The number of hydrogen-bond donors (Lipinski definition) is 0.